The van der Waals surface area contributed by atoms with Gasteiger partial charge in [0.1, 0.15) is 6.61 Å². The second-order valence-corrected chi connectivity index (χ2v) is 10.4. The zero-order valence-corrected chi connectivity index (χ0v) is 16.2. The van der Waals surface area contributed by atoms with Gasteiger partial charge in [-0.1, -0.05) is 54.6 Å². The zero-order chi connectivity index (χ0) is 20.3. The standard InChI is InChI=1S/C20H18F2O4S2/c21-20(22,16-23)28(24,25)26-27(17-10-4-1-5-11-17,18-12-6-2-7-13-18)19-14-8-3-9-15-19/h1-15,23H,16H2. The van der Waals surface area contributed by atoms with Crippen LogP contribution in [0.15, 0.2) is 106 Å². The second-order valence-electron chi connectivity index (χ2n) is 5.81. The van der Waals surface area contributed by atoms with Crippen LogP contribution in [0.5, 0.6) is 0 Å². The van der Waals surface area contributed by atoms with Gasteiger partial charge in [0.15, 0.2) is 0 Å². The number of hydrogen-bond donors (Lipinski definition) is 1. The molecule has 0 bridgehead atoms. The van der Waals surface area contributed by atoms with E-state index in [1.807, 2.05) is 0 Å². The smallest absolute Gasteiger partial charge is 0.389 e. The molecule has 0 saturated heterocycles. The molecule has 0 fully saturated rings. The highest BCUT2D eigenvalue weighted by molar-refractivity contribution is 8.33. The highest BCUT2D eigenvalue weighted by atomic mass is 32.3. The Bertz CT molecular complexity index is 915. The Morgan fingerprint density at radius 1 is 0.714 bits per heavy atom. The molecule has 0 spiro atoms. The molecule has 1 N–H and O–H groups in total. The summed E-state index contributed by atoms with van der Waals surface area (Å²) >= 11 is 0. The van der Waals surface area contributed by atoms with E-state index in [9.17, 15) is 17.2 Å². The Balaban J connectivity index is 2.35. The van der Waals surface area contributed by atoms with Crippen molar-refractivity contribution >= 4 is 20.4 Å². The minimum Gasteiger partial charge on any atom is -0.389 e. The maximum Gasteiger partial charge on any atom is 0.393 e. The summed E-state index contributed by atoms with van der Waals surface area (Å²) < 4.78 is 58.5. The van der Waals surface area contributed by atoms with Gasteiger partial charge in [-0.25, -0.2) is 3.63 Å². The molecule has 4 nitrogen and oxygen atoms in total. The summed E-state index contributed by atoms with van der Waals surface area (Å²) in [6.07, 6.45) is 0. The highest BCUT2D eigenvalue weighted by Gasteiger charge is 2.51. The lowest BCUT2D eigenvalue weighted by Crippen LogP contribution is -2.35. The highest BCUT2D eigenvalue weighted by Crippen LogP contribution is 2.70. The molecule has 0 aromatic heterocycles. The van der Waals surface area contributed by atoms with Crippen molar-refractivity contribution in [3.8, 4) is 0 Å². The summed E-state index contributed by atoms with van der Waals surface area (Å²) in [7, 11) is -8.52. The summed E-state index contributed by atoms with van der Waals surface area (Å²) in [5.74, 6) is 0. The Morgan fingerprint density at radius 3 is 1.32 bits per heavy atom. The first-order chi connectivity index (χ1) is 13.3. The van der Waals surface area contributed by atoms with Crippen molar-refractivity contribution in [3.05, 3.63) is 91.0 Å². The number of alkyl halides is 2. The van der Waals surface area contributed by atoms with Crippen molar-refractivity contribution in [2.75, 3.05) is 6.61 Å². The quantitative estimate of drug-likeness (QED) is 0.591. The lowest BCUT2D eigenvalue weighted by atomic mass is 10.4. The minimum atomic E-state index is -5.46. The van der Waals surface area contributed by atoms with Crippen LogP contribution in [0.1, 0.15) is 0 Å². The molecule has 0 aliphatic heterocycles. The Kier molecular flexibility index (Phi) is 5.85. The van der Waals surface area contributed by atoms with Crippen molar-refractivity contribution < 1.29 is 25.9 Å². The lowest BCUT2D eigenvalue weighted by molar-refractivity contribution is 0.0202. The average molecular weight is 424 g/mol. The van der Waals surface area contributed by atoms with Crippen molar-refractivity contribution in [1.29, 1.82) is 0 Å². The van der Waals surface area contributed by atoms with E-state index in [-0.39, 0.29) is 0 Å². The van der Waals surface area contributed by atoms with Crippen LogP contribution in [0.2, 0.25) is 0 Å². The fourth-order valence-corrected chi connectivity index (χ4v) is 7.64. The third-order valence-corrected chi connectivity index (χ3v) is 9.17. The molecule has 0 atom stereocenters. The van der Waals surface area contributed by atoms with E-state index in [2.05, 4.69) is 0 Å². The van der Waals surface area contributed by atoms with Crippen LogP contribution in [0.4, 0.5) is 8.78 Å². The number of halogens is 2. The van der Waals surface area contributed by atoms with Gasteiger partial charge in [0.05, 0.1) is 0 Å². The fourth-order valence-electron chi connectivity index (χ4n) is 2.63. The van der Waals surface area contributed by atoms with E-state index >= 15 is 0 Å². The molecule has 0 heterocycles. The first kappa shape index (κ1) is 20.5. The Hall–Kier alpha value is -2.26. The van der Waals surface area contributed by atoms with E-state index in [0.29, 0.717) is 14.7 Å². The Morgan fingerprint density at radius 2 is 1.04 bits per heavy atom. The molecule has 0 aliphatic carbocycles. The molecule has 3 rings (SSSR count). The van der Waals surface area contributed by atoms with E-state index in [4.69, 9.17) is 8.74 Å². The normalized spacial score (nSPS) is 13.2. The van der Waals surface area contributed by atoms with Crippen LogP contribution < -0.4 is 0 Å². The molecular weight excluding hydrogens is 406 g/mol. The molecule has 8 heteroatoms. The average Bonchev–Trinajstić information content (AvgIpc) is 2.74. The Labute approximate surface area is 164 Å². The van der Waals surface area contributed by atoms with Gasteiger partial charge in [0.25, 0.3) is 0 Å². The van der Waals surface area contributed by atoms with E-state index in [0.717, 1.165) is 0 Å². The van der Waals surface area contributed by atoms with Crippen LogP contribution in [0.25, 0.3) is 0 Å². The predicted octanol–water partition coefficient (Wildman–Crippen LogP) is 4.81. The summed E-state index contributed by atoms with van der Waals surface area (Å²) in [6.45, 7) is -1.87. The third kappa shape index (κ3) is 3.68. The number of aliphatic hydroxyl groups is 1. The monoisotopic (exact) mass is 424 g/mol. The number of rotatable bonds is 7. The first-order valence-electron chi connectivity index (χ1n) is 8.26. The largest absolute Gasteiger partial charge is 0.393 e. The second kappa shape index (κ2) is 8.00. The van der Waals surface area contributed by atoms with E-state index in [1.165, 1.54) is 0 Å². The van der Waals surface area contributed by atoms with Crippen molar-refractivity contribution in [1.82, 2.24) is 0 Å². The van der Waals surface area contributed by atoms with Gasteiger partial charge < -0.3 is 5.11 Å². The molecule has 28 heavy (non-hydrogen) atoms. The van der Waals surface area contributed by atoms with Crippen molar-refractivity contribution in [3.63, 3.8) is 0 Å². The minimum absolute atomic E-state index is 0.435. The van der Waals surface area contributed by atoms with Gasteiger partial charge in [-0.15, -0.1) is 0 Å². The van der Waals surface area contributed by atoms with Gasteiger partial charge >= 0.3 is 15.4 Å². The van der Waals surface area contributed by atoms with Gasteiger partial charge in [-0.3, -0.25) is 0 Å². The maximum atomic E-state index is 14.1. The number of benzene rings is 3. The summed E-state index contributed by atoms with van der Waals surface area (Å²) in [4.78, 5) is 1.30. The molecule has 3 aromatic carbocycles. The van der Waals surface area contributed by atoms with Crippen LogP contribution in [0, 0.1) is 0 Å². The van der Waals surface area contributed by atoms with Gasteiger partial charge in [-0.05, 0) is 46.7 Å². The van der Waals surface area contributed by atoms with Gasteiger partial charge in [0.2, 0.25) is 0 Å². The first-order valence-corrected chi connectivity index (χ1v) is 11.2. The summed E-state index contributed by atoms with van der Waals surface area (Å²) in [5.41, 5.74) is 0. The molecule has 0 saturated carbocycles. The summed E-state index contributed by atoms with van der Waals surface area (Å²) in [6, 6.07) is 25.2. The number of aliphatic hydroxyl groups excluding tert-OH is 1. The molecule has 0 aliphatic rings. The molecule has 0 amide bonds. The third-order valence-electron chi connectivity index (χ3n) is 3.97. The topological polar surface area (TPSA) is 63.6 Å². The van der Waals surface area contributed by atoms with Crippen molar-refractivity contribution in [2.24, 2.45) is 0 Å². The molecule has 0 radical (unpaired) electrons. The van der Waals surface area contributed by atoms with Crippen LogP contribution in [-0.4, -0.2) is 25.4 Å². The van der Waals surface area contributed by atoms with Crippen LogP contribution in [-0.2, 0) is 13.7 Å². The number of hydrogen-bond acceptors (Lipinski definition) is 4. The van der Waals surface area contributed by atoms with Crippen molar-refractivity contribution in [2.45, 2.75) is 19.9 Å². The fraction of sp³-hybridized carbons (Fsp3) is 0.100. The predicted molar refractivity (Wildman–Crippen MR) is 104 cm³/mol. The SMILES string of the molecule is O=S(=O)(OS(c1ccccc1)(c1ccccc1)c1ccccc1)C(F)(F)CO. The zero-order valence-electron chi connectivity index (χ0n) is 14.6. The van der Waals surface area contributed by atoms with Crippen LogP contribution in [0.3, 0.4) is 0 Å². The maximum absolute atomic E-state index is 14.1. The molecule has 148 valence electrons. The molecule has 0 unspecified atom stereocenters. The lowest BCUT2D eigenvalue weighted by Gasteiger charge is -2.40. The van der Waals surface area contributed by atoms with E-state index < -0.39 is 32.3 Å². The molecule has 3 aromatic rings. The van der Waals surface area contributed by atoms with Gasteiger partial charge in [-0.2, -0.15) is 17.2 Å². The van der Waals surface area contributed by atoms with Gasteiger partial charge in [0, 0.05) is 14.7 Å². The van der Waals surface area contributed by atoms with E-state index in [1.54, 1.807) is 91.0 Å². The summed E-state index contributed by atoms with van der Waals surface area (Å²) in [5, 5.41) is 4.50. The molecular formula is C20H18F2O4S2. The van der Waals surface area contributed by atoms with Crippen LogP contribution >= 0.6 is 10.3 Å².